The molecule has 0 atom stereocenters. The highest BCUT2D eigenvalue weighted by atomic mass is 16.4. The molecule has 12 heteroatoms. The van der Waals surface area contributed by atoms with Crippen molar-refractivity contribution < 1.29 is 49.2 Å². The van der Waals surface area contributed by atoms with Crippen LogP contribution in [0.2, 0.25) is 0 Å². The minimum atomic E-state index is -2.85. The highest BCUT2D eigenvalue weighted by Crippen LogP contribution is 2.34. The number of carbonyl (C=O) groups excluding carboxylic acids is 4. The number of hydrogen-bond acceptors (Lipinski definition) is 8. The molecule has 144 valence electrons. The molecular formula is C14H18N2O10. The summed E-state index contributed by atoms with van der Waals surface area (Å²) in [6.07, 6.45) is -2.47. The normalized spacial score (nSPS) is 17.5. The predicted octanol–water partition coefficient (Wildman–Crippen LogP) is -2.49. The Kier molecular flexibility index (Phi) is 6.92. The summed E-state index contributed by atoms with van der Waals surface area (Å²) in [4.78, 5) is 70.9. The van der Waals surface area contributed by atoms with Crippen molar-refractivity contribution in [3.05, 3.63) is 0 Å². The zero-order chi connectivity index (χ0) is 20.1. The van der Waals surface area contributed by atoms with Crippen molar-refractivity contribution >= 4 is 35.6 Å². The van der Waals surface area contributed by atoms with Crippen molar-refractivity contribution in [3.8, 4) is 0 Å². The molecule has 2 aliphatic rings. The number of carboxylic acids is 2. The molecule has 2 fully saturated rings. The van der Waals surface area contributed by atoms with E-state index >= 15 is 0 Å². The van der Waals surface area contributed by atoms with E-state index < -0.39 is 47.7 Å². The summed E-state index contributed by atoms with van der Waals surface area (Å²) in [6.45, 7) is -0.250. The van der Waals surface area contributed by atoms with Gasteiger partial charge in [-0.2, -0.15) is 0 Å². The molecule has 0 aromatic rings. The molecule has 2 saturated heterocycles. The van der Waals surface area contributed by atoms with Crippen LogP contribution in [0.3, 0.4) is 0 Å². The predicted molar refractivity (Wildman–Crippen MR) is 79.0 cm³/mol. The van der Waals surface area contributed by atoms with Gasteiger partial charge in [0.25, 0.3) is 0 Å². The van der Waals surface area contributed by atoms with Crippen LogP contribution >= 0.6 is 0 Å². The third-order valence-corrected chi connectivity index (χ3v) is 3.68. The monoisotopic (exact) mass is 374 g/mol. The van der Waals surface area contributed by atoms with Crippen molar-refractivity contribution in [1.29, 1.82) is 0 Å². The molecule has 2 rings (SSSR count). The van der Waals surface area contributed by atoms with Gasteiger partial charge in [-0.15, -0.1) is 0 Å². The minimum absolute atomic E-state index is 0.125. The minimum Gasteiger partial charge on any atom is -0.481 e. The Morgan fingerprint density at radius 1 is 0.769 bits per heavy atom. The average molecular weight is 374 g/mol. The summed E-state index contributed by atoms with van der Waals surface area (Å²) < 4.78 is 0. The average Bonchev–Trinajstić information content (AvgIpc) is 3.07. The molecule has 4 N–H and O–H groups in total. The van der Waals surface area contributed by atoms with Gasteiger partial charge in [0.15, 0.2) is 0 Å². The van der Waals surface area contributed by atoms with Gasteiger partial charge < -0.3 is 20.4 Å². The summed E-state index contributed by atoms with van der Waals surface area (Å²) in [5.41, 5.74) is -2.85. The second kappa shape index (κ2) is 8.49. The van der Waals surface area contributed by atoms with Crippen LogP contribution in [0.4, 0.5) is 0 Å². The van der Waals surface area contributed by atoms with Crippen LogP contribution in [0.1, 0.15) is 32.1 Å². The summed E-state index contributed by atoms with van der Waals surface area (Å²) in [5.74, 6) is -7.30. The molecule has 2 heterocycles. The van der Waals surface area contributed by atoms with E-state index in [1.165, 1.54) is 0 Å². The number of aliphatic hydroxyl groups is 2. The highest BCUT2D eigenvalue weighted by Gasteiger charge is 2.61. The molecule has 0 aromatic heterocycles. The van der Waals surface area contributed by atoms with Gasteiger partial charge in [0, 0.05) is 25.7 Å². The number of nitrogens with zero attached hydrogens (tertiary/aromatic N) is 2. The lowest BCUT2D eigenvalue weighted by Gasteiger charge is -2.40. The lowest BCUT2D eigenvalue weighted by molar-refractivity contribution is -0.185. The van der Waals surface area contributed by atoms with Crippen LogP contribution in [0, 0.1) is 0 Å². The first-order valence-electron chi connectivity index (χ1n) is 7.52. The highest BCUT2D eigenvalue weighted by molar-refractivity contribution is 6.12. The van der Waals surface area contributed by atoms with Gasteiger partial charge in [-0.1, -0.05) is 0 Å². The van der Waals surface area contributed by atoms with Crippen molar-refractivity contribution in [1.82, 2.24) is 9.80 Å². The SMILES string of the molecule is O=C(O)CC(C(=O)O)(N1C(=O)CCC1=O)N1C(=O)CCC1=O.OCCO. The molecule has 2 aliphatic heterocycles. The summed E-state index contributed by atoms with van der Waals surface area (Å²) >= 11 is 0. The Morgan fingerprint density at radius 2 is 1.08 bits per heavy atom. The Hall–Kier alpha value is -2.86. The van der Waals surface area contributed by atoms with E-state index in [0.717, 1.165) is 0 Å². The van der Waals surface area contributed by atoms with Gasteiger partial charge >= 0.3 is 11.9 Å². The van der Waals surface area contributed by atoms with Gasteiger partial charge in [0.05, 0.1) is 19.6 Å². The summed E-state index contributed by atoms with van der Waals surface area (Å²) in [6, 6.07) is 0. The number of hydrogen-bond donors (Lipinski definition) is 4. The van der Waals surface area contributed by atoms with Gasteiger partial charge in [0.2, 0.25) is 29.3 Å². The smallest absolute Gasteiger partial charge is 0.352 e. The molecule has 0 spiro atoms. The second-order valence-corrected chi connectivity index (χ2v) is 5.39. The standard InChI is InChI=1S/C12H12N2O8.C2H6O2/c15-6-1-2-7(16)13(6)12(11(21)22,5-10(19)20)14-8(17)3-4-9(14)18;3-1-2-4/h1-5H2,(H,19,20)(H,21,22);3-4H,1-2H2. The van der Waals surface area contributed by atoms with E-state index in [4.69, 9.17) is 15.3 Å². The van der Waals surface area contributed by atoms with Gasteiger partial charge in [-0.3, -0.25) is 24.0 Å². The number of imide groups is 2. The third kappa shape index (κ3) is 3.86. The van der Waals surface area contributed by atoms with Crippen LogP contribution in [0.5, 0.6) is 0 Å². The van der Waals surface area contributed by atoms with Crippen molar-refractivity contribution in [2.75, 3.05) is 13.2 Å². The zero-order valence-electron chi connectivity index (χ0n) is 13.6. The fraction of sp³-hybridized carbons (Fsp3) is 0.571. The Labute approximate surface area is 146 Å². The fourth-order valence-electron chi connectivity index (χ4n) is 2.71. The van der Waals surface area contributed by atoms with E-state index in [1.54, 1.807) is 0 Å². The molecule has 0 radical (unpaired) electrons. The first-order valence-corrected chi connectivity index (χ1v) is 7.52. The van der Waals surface area contributed by atoms with Crippen LogP contribution < -0.4 is 0 Å². The van der Waals surface area contributed by atoms with Gasteiger partial charge in [-0.25, -0.2) is 14.6 Å². The Bertz CT molecular complexity index is 574. The topological polar surface area (TPSA) is 190 Å². The third-order valence-electron chi connectivity index (χ3n) is 3.68. The summed E-state index contributed by atoms with van der Waals surface area (Å²) in [7, 11) is 0. The van der Waals surface area contributed by atoms with E-state index in [-0.39, 0.29) is 48.7 Å². The van der Waals surface area contributed by atoms with Crippen molar-refractivity contribution in [3.63, 3.8) is 0 Å². The Morgan fingerprint density at radius 3 is 1.27 bits per heavy atom. The maximum Gasteiger partial charge on any atom is 0.352 e. The summed E-state index contributed by atoms with van der Waals surface area (Å²) in [5, 5.41) is 33.8. The first kappa shape index (κ1) is 21.2. The lowest BCUT2D eigenvalue weighted by atomic mass is 10.0. The first-order chi connectivity index (χ1) is 12.1. The molecule has 0 bridgehead atoms. The molecule has 12 nitrogen and oxygen atoms in total. The van der Waals surface area contributed by atoms with E-state index in [1.807, 2.05) is 0 Å². The van der Waals surface area contributed by atoms with Crippen LogP contribution in [-0.2, 0) is 28.8 Å². The lowest BCUT2D eigenvalue weighted by Crippen LogP contribution is -2.69. The number of aliphatic carboxylic acids is 2. The Balaban J connectivity index is 0.000000765. The maximum absolute atomic E-state index is 11.9. The van der Waals surface area contributed by atoms with Gasteiger partial charge in [-0.05, 0) is 0 Å². The number of amides is 4. The number of rotatable bonds is 6. The quantitative estimate of drug-likeness (QED) is 0.362. The van der Waals surface area contributed by atoms with Gasteiger partial charge in [0.1, 0.15) is 0 Å². The maximum atomic E-state index is 11.9. The molecular weight excluding hydrogens is 356 g/mol. The second-order valence-electron chi connectivity index (χ2n) is 5.39. The fourth-order valence-corrected chi connectivity index (χ4v) is 2.71. The molecule has 0 aliphatic carbocycles. The van der Waals surface area contributed by atoms with Crippen molar-refractivity contribution in [2.45, 2.75) is 37.8 Å². The zero-order valence-corrected chi connectivity index (χ0v) is 13.6. The molecule has 0 unspecified atom stereocenters. The number of likely N-dealkylation sites (tertiary alicyclic amines) is 2. The van der Waals surface area contributed by atoms with Crippen LogP contribution in [0.15, 0.2) is 0 Å². The van der Waals surface area contributed by atoms with Crippen LogP contribution in [0.25, 0.3) is 0 Å². The number of carboxylic acid groups (broad SMARTS) is 2. The van der Waals surface area contributed by atoms with Crippen LogP contribution in [-0.4, -0.2) is 84.7 Å². The molecule has 26 heavy (non-hydrogen) atoms. The molecule has 0 aromatic carbocycles. The molecule has 0 saturated carbocycles. The van der Waals surface area contributed by atoms with E-state index in [2.05, 4.69) is 0 Å². The number of carbonyl (C=O) groups is 6. The van der Waals surface area contributed by atoms with E-state index in [9.17, 15) is 33.9 Å². The largest absolute Gasteiger partial charge is 0.481 e. The number of aliphatic hydroxyl groups excluding tert-OH is 2. The van der Waals surface area contributed by atoms with Crippen molar-refractivity contribution in [2.24, 2.45) is 0 Å². The van der Waals surface area contributed by atoms with E-state index in [0.29, 0.717) is 0 Å². The molecule has 4 amide bonds.